The van der Waals surface area contributed by atoms with Crippen LogP contribution in [-0.2, 0) is 19.2 Å². The van der Waals surface area contributed by atoms with Gasteiger partial charge in [-0.1, -0.05) is 28.1 Å². The monoisotopic (exact) mass is 815 g/mol. The van der Waals surface area contributed by atoms with Gasteiger partial charge in [0.05, 0.1) is 43.7 Å². The second kappa shape index (κ2) is 16.4. The van der Waals surface area contributed by atoms with Crippen LogP contribution in [0.1, 0.15) is 48.6 Å². The number of nitrogens with two attached hydrogens (primary N) is 1. The molecule has 54 heavy (non-hydrogen) atoms. The van der Waals surface area contributed by atoms with Gasteiger partial charge in [0.15, 0.2) is 33.8 Å². The van der Waals surface area contributed by atoms with Crippen molar-refractivity contribution in [1.29, 1.82) is 0 Å². The Hall–Kier alpha value is -4.06. The van der Waals surface area contributed by atoms with Gasteiger partial charge < -0.3 is 50.9 Å². The van der Waals surface area contributed by atoms with E-state index in [2.05, 4.69) is 41.4 Å². The maximum absolute atomic E-state index is 13.9. The Morgan fingerprint density at radius 2 is 2.00 bits per heavy atom. The first-order chi connectivity index (χ1) is 25.1. The Morgan fingerprint density at radius 3 is 2.61 bits per heavy atom. The van der Waals surface area contributed by atoms with Crippen LogP contribution in [0.15, 0.2) is 22.9 Å². The molecular weight excluding hydrogens is 784 g/mol. The summed E-state index contributed by atoms with van der Waals surface area (Å²) in [5.41, 5.74) is 4.23. The predicted octanol–water partition coefficient (Wildman–Crippen LogP) is -3.82. The summed E-state index contributed by atoms with van der Waals surface area (Å²) in [4.78, 5) is 62.3. The number of oxime groups is 1. The number of aromatic hydroxyl groups is 2. The zero-order valence-corrected chi connectivity index (χ0v) is 33.4. The summed E-state index contributed by atoms with van der Waals surface area (Å²) < 4.78 is 14.5. The number of carboxylic acids is 1. The standard InChI is InChI=1S/C30H33ClFN11O8S2.Na/c1-30(2,28(49)50)51-39-18(17-22(31)53-29(33)36-17)25(47)35-19-26(48)42-20(23-37-40-41-38-23)14(12-52-27(19)42)11-43(6-3-4-7-43)8-5-34-24(46)13-9-15(32)21(45)16(44)10-13;/h9-10,19,27H,3-8,11-12H2,1-2H3,(H7-,33,34,35,36,37,38,39,40,41,44,45,46,47,49,50);/q;+1/p-1/t19-,27-;/m1./s1. The molecule has 0 spiro atoms. The molecule has 1 aromatic carbocycles. The van der Waals surface area contributed by atoms with Gasteiger partial charge in [-0.15, -0.1) is 11.8 Å². The van der Waals surface area contributed by atoms with Crippen molar-refractivity contribution in [1.82, 2.24) is 41.1 Å². The first-order valence-electron chi connectivity index (χ1n) is 16.0. The summed E-state index contributed by atoms with van der Waals surface area (Å²) in [6, 6.07) is 0.747. The van der Waals surface area contributed by atoms with E-state index in [0.717, 1.165) is 55.0 Å². The Kier molecular flexibility index (Phi) is 12.4. The van der Waals surface area contributed by atoms with Gasteiger partial charge in [-0.25, -0.2) is 9.37 Å². The number of fused-ring (bicyclic) bond motifs is 1. The van der Waals surface area contributed by atoms with Gasteiger partial charge in [-0.2, -0.15) is 5.21 Å². The van der Waals surface area contributed by atoms with E-state index in [4.69, 9.17) is 22.2 Å². The summed E-state index contributed by atoms with van der Waals surface area (Å²) in [5.74, 6) is -5.95. The zero-order chi connectivity index (χ0) is 38.2. The molecule has 3 amide bonds. The molecule has 0 saturated carbocycles. The van der Waals surface area contributed by atoms with Crippen LogP contribution in [0.5, 0.6) is 11.5 Å². The topological polar surface area (TPSA) is 272 Å². The van der Waals surface area contributed by atoms with Crippen molar-refractivity contribution >= 4 is 74.9 Å². The number of carboxylic acid groups (broad SMARTS) is 1. The van der Waals surface area contributed by atoms with Crippen LogP contribution in [0.4, 0.5) is 9.52 Å². The molecule has 6 N–H and O–H groups in total. The molecule has 0 radical (unpaired) electrons. The predicted molar refractivity (Wildman–Crippen MR) is 184 cm³/mol. The van der Waals surface area contributed by atoms with Crippen LogP contribution in [0, 0.1) is 5.82 Å². The molecule has 0 unspecified atom stereocenters. The second-order valence-corrected chi connectivity index (χ2v) is 15.7. The number of benzene rings is 1. The normalized spacial score (nSPS) is 19.4. The van der Waals surface area contributed by atoms with E-state index < -0.39 is 63.7 Å². The molecule has 3 aliphatic rings. The number of aromatic nitrogens is 5. The number of phenolic OH excluding ortho intramolecular Hbond substituents is 2. The number of nitrogen functional groups attached to an aromatic ring is 1. The molecule has 2 saturated heterocycles. The third-order valence-corrected chi connectivity index (χ3v) is 11.4. The Bertz CT molecular complexity index is 2000. The molecule has 0 bridgehead atoms. The average Bonchev–Trinajstić information content (AvgIpc) is 3.88. The molecule has 24 heteroatoms. The van der Waals surface area contributed by atoms with E-state index >= 15 is 0 Å². The minimum absolute atomic E-state index is 0. The Morgan fingerprint density at radius 1 is 1.28 bits per heavy atom. The van der Waals surface area contributed by atoms with Crippen LogP contribution in [0.3, 0.4) is 0 Å². The van der Waals surface area contributed by atoms with Crippen molar-refractivity contribution in [3.8, 4) is 11.5 Å². The summed E-state index contributed by atoms with van der Waals surface area (Å²) in [7, 11) is 0. The maximum Gasteiger partial charge on any atom is 1.00 e. The molecule has 6 rings (SSSR count). The number of nitrogens with one attached hydrogen (secondary N) is 2. The minimum atomic E-state index is -1.93. The number of aliphatic carboxylic acids is 1. The molecular formula is C30H32ClFN11NaO8S2. The number of amides is 3. The van der Waals surface area contributed by atoms with E-state index in [1.165, 1.54) is 30.5 Å². The molecule has 5 heterocycles. The number of halogens is 2. The van der Waals surface area contributed by atoms with Crippen LogP contribution >= 0.6 is 34.7 Å². The first kappa shape index (κ1) is 41.1. The molecule has 2 atom stereocenters. The average molecular weight is 816 g/mol. The summed E-state index contributed by atoms with van der Waals surface area (Å²) >= 11 is 8.49. The molecule has 2 aromatic heterocycles. The van der Waals surface area contributed by atoms with Crippen molar-refractivity contribution in [3.05, 3.63) is 44.9 Å². The number of thioether (sulfide) groups is 1. The minimum Gasteiger partial charge on any atom is -0.546 e. The SMILES string of the molecule is CC(C)(O/N=C(\C(=O)N[C@@H]1C(=O)N2C(c3nnn[n-]3)=C(C[N+]3(CCNC(=O)c4cc(O)c(O)c(F)c4)CCCC3)CS[C@H]12)c1nc(N)sc1Cl)C(=O)[O-].[Na+]. The van der Waals surface area contributed by atoms with Gasteiger partial charge >= 0.3 is 29.6 Å². The smallest absolute Gasteiger partial charge is 0.546 e. The van der Waals surface area contributed by atoms with Crippen molar-refractivity contribution in [3.63, 3.8) is 0 Å². The number of phenols is 2. The number of carbonyl (C=O) groups excluding carboxylic acids is 4. The summed E-state index contributed by atoms with van der Waals surface area (Å²) in [6.45, 7) is 5.02. The van der Waals surface area contributed by atoms with Gasteiger partial charge in [-0.3, -0.25) is 29.6 Å². The molecule has 3 aliphatic heterocycles. The Labute approximate surface area is 341 Å². The number of rotatable bonds is 13. The number of tetrazole rings is 1. The van der Waals surface area contributed by atoms with Gasteiger partial charge in [0.2, 0.25) is 0 Å². The number of anilines is 1. The van der Waals surface area contributed by atoms with Crippen LogP contribution in [0.25, 0.3) is 5.70 Å². The second-order valence-electron chi connectivity index (χ2n) is 13.0. The maximum atomic E-state index is 13.9. The fraction of sp³-hybridized carbons (Fsp3) is 0.433. The van der Waals surface area contributed by atoms with Crippen molar-refractivity contribution in [2.45, 2.75) is 43.7 Å². The van der Waals surface area contributed by atoms with E-state index in [1.807, 2.05) is 0 Å². The molecule has 0 aliphatic carbocycles. The van der Waals surface area contributed by atoms with E-state index in [-0.39, 0.29) is 62.7 Å². The summed E-state index contributed by atoms with van der Waals surface area (Å²) in [6.07, 6.45) is 1.83. The largest absolute Gasteiger partial charge is 1.00 e. The molecule has 2 fully saturated rings. The first-order valence-corrected chi connectivity index (χ1v) is 18.3. The van der Waals surface area contributed by atoms with Gasteiger partial charge in [0.25, 0.3) is 17.7 Å². The summed E-state index contributed by atoms with van der Waals surface area (Å²) in [5, 5.41) is 54.5. The fourth-order valence-electron chi connectivity index (χ4n) is 6.21. The van der Waals surface area contributed by atoms with Crippen molar-refractivity contribution in [2.75, 3.05) is 44.2 Å². The third kappa shape index (κ3) is 8.28. The van der Waals surface area contributed by atoms with Crippen molar-refractivity contribution in [2.24, 2.45) is 5.16 Å². The van der Waals surface area contributed by atoms with E-state index in [0.29, 0.717) is 29.0 Å². The molecule has 3 aromatic rings. The fourth-order valence-corrected chi connectivity index (χ4v) is 8.48. The number of quaternary nitrogens is 1. The van der Waals surface area contributed by atoms with Gasteiger partial charge in [0, 0.05) is 29.7 Å². The van der Waals surface area contributed by atoms with Crippen LogP contribution in [0.2, 0.25) is 4.34 Å². The number of likely N-dealkylation sites (tertiary alicyclic amines) is 1. The molecule has 282 valence electrons. The number of hydrogen-bond acceptors (Lipinski definition) is 16. The quantitative estimate of drug-likeness (QED) is 0.0276. The number of thiazole rings is 1. The van der Waals surface area contributed by atoms with E-state index in [9.17, 15) is 38.9 Å². The zero-order valence-electron chi connectivity index (χ0n) is 29.0. The number of hydrogen-bond donors (Lipinski definition) is 5. The third-order valence-electron chi connectivity index (χ3n) is 8.98. The Balaban J connectivity index is 0.00000561. The molecule has 19 nitrogen and oxygen atoms in total. The van der Waals surface area contributed by atoms with Gasteiger partial charge in [0.1, 0.15) is 28.0 Å². The van der Waals surface area contributed by atoms with Crippen LogP contribution < -0.4 is 56.1 Å². The van der Waals surface area contributed by atoms with Crippen molar-refractivity contribution < 1.29 is 77.8 Å². The number of nitrogens with zero attached hydrogens (tertiary/aromatic N) is 8. The van der Waals surface area contributed by atoms with Gasteiger partial charge in [-0.05, 0) is 26.0 Å². The number of β-lactam (4-membered cyclic amide) rings is 1. The van der Waals surface area contributed by atoms with E-state index in [1.54, 1.807) is 0 Å². The van der Waals surface area contributed by atoms with Crippen LogP contribution in [-0.4, -0.2) is 125 Å². The number of carbonyl (C=O) groups is 4.